The van der Waals surface area contributed by atoms with Crippen molar-refractivity contribution in [1.29, 1.82) is 0 Å². The fourth-order valence-electron chi connectivity index (χ4n) is 1.86. The Morgan fingerprint density at radius 3 is 3.00 bits per heavy atom. The molecule has 5 nitrogen and oxygen atoms in total. The lowest BCUT2D eigenvalue weighted by Gasteiger charge is -2.27. The van der Waals surface area contributed by atoms with E-state index in [1.54, 1.807) is 0 Å². The van der Waals surface area contributed by atoms with E-state index in [-0.39, 0.29) is 12.6 Å². The van der Waals surface area contributed by atoms with Gasteiger partial charge in [-0.15, -0.1) is 0 Å². The highest BCUT2D eigenvalue weighted by atomic mass is 16.5. The van der Waals surface area contributed by atoms with Gasteiger partial charge in [0.1, 0.15) is 0 Å². The van der Waals surface area contributed by atoms with Gasteiger partial charge in [0, 0.05) is 25.4 Å². The largest absolute Gasteiger partial charge is 0.395 e. The molecule has 0 fully saturated rings. The van der Waals surface area contributed by atoms with E-state index in [9.17, 15) is 4.79 Å². The van der Waals surface area contributed by atoms with Crippen LogP contribution in [0.25, 0.3) is 0 Å². The topological polar surface area (TPSA) is 61.8 Å². The number of nitrogens with zero attached hydrogens (tertiary/aromatic N) is 1. The quantitative estimate of drug-likeness (QED) is 0.458. The molecule has 1 unspecified atom stereocenters. The van der Waals surface area contributed by atoms with E-state index in [1.807, 2.05) is 19.1 Å². The third-order valence-corrected chi connectivity index (χ3v) is 2.81. The summed E-state index contributed by atoms with van der Waals surface area (Å²) in [6, 6.07) is 0.0779. The summed E-state index contributed by atoms with van der Waals surface area (Å²) in [5.41, 5.74) is 1.08. The number of nitrogens with one attached hydrogen (secondary N) is 1. The number of carbonyl (C=O) groups excluding carboxylic acids is 1. The van der Waals surface area contributed by atoms with Crippen molar-refractivity contribution < 1.29 is 14.6 Å². The van der Waals surface area contributed by atoms with Gasteiger partial charge in [-0.25, -0.2) is 0 Å². The van der Waals surface area contributed by atoms with Crippen molar-refractivity contribution >= 4 is 6.41 Å². The maximum atomic E-state index is 10.3. The van der Waals surface area contributed by atoms with E-state index in [0.29, 0.717) is 26.2 Å². The highest BCUT2D eigenvalue weighted by molar-refractivity contribution is 5.48. The Hall–Kier alpha value is -1.33. The summed E-state index contributed by atoms with van der Waals surface area (Å²) in [4.78, 5) is 12.4. The predicted molar refractivity (Wildman–Crippen MR) is 70.0 cm³/mol. The van der Waals surface area contributed by atoms with Crippen molar-refractivity contribution in [3.63, 3.8) is 0 Å². The first-order chi connectivity index (χ1) is 8.81. The molecular weight excluding hydrogens is 232 g/mol. The van der Waals surface area contributed by atoms with Crippen LogP contribution in [0.15, 0.2) is 23.9 Å². The Morgan fingerprint density at radius 2 is 2.44 bits per heavy atom. The van der Waals surface area contributed by atoms with Gasteiger partial charge in [0.15, 0.2) is 0 Å². The van der Waals surface area contributed by atoms with Crippen LogP contribution in [-0.2, 0) is 9.53 Å². The molecule has 102 valence electrons. The zero-order chi connectivity index (χ0) is 13.2. The van der Waals surface area contributed by atoms with Crippen molar-refractivity contribution in [2.24, 2.45) is 0 Å². The van der Waals surface area contributed by atoms with Gasteiger partial charge in [-0.3, -0.25) is 4.79 Å². The Labute approximate surface area is 108 Å². The van der Waals surface area contributed by atoms with Crippen LogP contribution in [0.5, 0.6) is 0 Å². The first kappa shape index (κ1) is 14.7. The van der Waals surface area contributed by atoms with Gasteiger partial charge in [0.25, 0.3) is 0 Å². The zero-order valence-corrected chi connectivity index (χ0v) is 10.8. The Morgan fingerprint density at radius 1 is 1.61 bits per heavy atom. The van der Waals surface area contributed by atoms with Crippen LogP contribution in [0.1, 0.15) is 13.3 Å². The van der Waals surface area contributed by atoms with Gasteiger partial charge < -0.3 is 20.1 Å². The third kappa shape index (κ3) is 4.89. The summed E-state index contributed by atoms with van der Waals surface area (Å²) in [6.07, 6.45) is 7.51. The molecule has 1 atom stereocenters. The van der Waals surface area contributed by atoms with Gasteiger partial charge in [0.05, 0.1) is 19.3 Å². The van der Waals surface area contributed by atoms with E-state index < -0.39 is 0 Å². The second kappa shape index (κ2) is 8.72. The minimum atomic E-state index is 0.0779. The monoisotopic (exact) mass is 254 g/mol. The van der Waals surface area contributed by atoms with Crippen LogP contribution >= 0.6 is 0 Å². The highest BCUT2D eigenvalue weighted by Crippen LogP contribution is 2.14. The van der Waals surface area contributed by atoms with Crippen molar-refractivity contribution in [2.45, 2.75) is 19.4 Å². The van der Waals surface area contributed by atoms with Gasteiger partial charge in [-0.1, -0.05) is 12.2 Å². The number of aliphatic hydroxyl groups is 1. The Bertz CT molecular complexity index is 303. The average molecular weight is 254 g/mol. The first-order valence-electron chi connectivity index (χ1n) is 6.33. The minimum absolute atomic E-state index is 0.0779. The van der Waals surface area contributed by atoms with Gasteiger partial charge in [-0.2, -0.15) is 0 Å². The Kier molecular flexibility index (Phi) is 7.13. The maximum absolute atomic E-state index is 10.3. The molecule has 0 saturated carbocycles. The number of ether oxygens (including phenoxy) is 1. The van der Waals surface area contributed by atoms with Crippen LogP contribution in [0.3, 0.4) is 0 Å². The summed E-state index contributed by atoms with van der Waals surface area (Å²) in [6.45, 7) is 4.79. The lowest BCUT2D eigenvalue weighted by atomic mass is 10.1. The molecule has 0 aliphatic heterocycles. The summed E-state index contributed by atoms with van der Waals surface area (Å²) >= 11 is 0. The molecule has 0 spiro atoms. The number of amides is 1. The van der Waals surface area contributed by atoms with Gasteiger partial charge >= 0.3 is 0 Å². The van der Waals surface area contributed by atoms with Crippen LogP contribution in [0.4, 0.5) is 0 Å². The lowest BCUT2D eigenvalue weighted by molar-refractivity contribution is -0.109. The van der Waals surface area contributed by atoms with E-state index in [2.05, 4.69) is 16.3 Å². The van der Waals surface area contributed by atoms with E-state index in [1.165, 1.54) is 0 Å². The number of allylic oxidation sites excluding steroid dienone is 1. The highest BCUT2D eigenvalue weighted by Gasteiger charge is 2.12. The molecule has 18 heavy (non-hydrogen) atoms. The molecule has 0 radical (unpaired) electrons. The number of hydrogen-bond donors (Lipinski definition) is 2. The van der Waals surface area contributed by atoms with Crippen molar-refractivity contribution in [1.82, 2.24) is 10.2 Å². The van der Waals surface area contributed by atoms with Crippen LogP contribution in [0.2, 0.25) is 0 Å². The minimum Gasteiger partial charge on any atom is -0.395 e. The summed E-state index contributed by atoms with van der Waals surface area (Å²) in [5, 5.41) is 11.8. The Balaban J connectivity index is 2.48. The molecule has 0 heterocycles. The second-order valence-electron chi connectivity index (χ2n) is 4.02. The fourth-order valence-corrected chi connectivity index (χ4v) is 1.86. The van der Waals surface area contributed by atoms with E-state index in [4.69, 9.17) is 9.84 Å². The summed E-state index contributed by atoms with van der Waals surface area (Å²) in [7, 11) is 0. The van der Waals surface area contributed by atoms with E-state index in [0.717, 1.165) is 18.7 Å². The SMILES string of the molecule is CCOCCN(CCO)C1=CCC(NC=O)C=C1. The second-order valence-corrected chi connectivity index (χ2v) is 4.02. The third-order valence-electron chi connectivity index (χ3n) is 2.81. The number of aliphatic hydroxyl groups excluding tert-OH is 1. The summed E-state index contributed by atoms with van der Waals surface area (Å²) in [5.74, 6) is 0. The van der Waals surface area contributed by atoms with E-state index >= 15 is 0 Å². The normalized spacial score (nSPS) is 18.3. The van der Waals surface area contributed by atoms with Crippen molar-refractivity contribution in [3.8, 4) is 0 Å². The van der Waals surface area contributed by atoms with Gasteiger partial charge in [-0.05, 0) is 19.4 Å². The molecule has 0 aromatic rings. The first-order valence-corrected chi connectivity index (χ1v) is 6.33. The molecule has 1 aliphatic carbocycles. The molecular formula is C13H22N2O3. The van der Waals surface area contributed by atoms with Crippen LogP contribution in [-0.4, -0.2) is 55.4 Å². The van der Waals surface area contributed by atoms with Crippen molar-refractivity contribution in [2.75, 3.05) is 32.9 Å². The smallest absolute Gasteiger partial charge is 0.207 e. The predicted octanol–water partition coefficient (Wildman–Crippen LogP) is 0.276. The molecule has 0 bridgehead atoms. The van der Waals surface area contributed by atoms with Gasteiger partial charge in [0.2, 0.25) is 6.41 Å². The van der Waals surface area contributed by atoms with Crippen molar-refractivity contribution in [3.05, 3.63) is 23.9 Å². The maximum Gasteiger partial charge on any atom is 0.207 e. The molecule has 2 N–H and O–H groups in total. The lowest BCUT2D eigenvalue weighted by Crippen LogP contribution is -2.32. The average Bonchev–Trinajstić information content (AvgIpc) is 2.39. The molecule has 5 heteroatoms. The number of rotatable bonds is 9. The summed E-state index contributed by atoms with van der Waals surface area (Å²) < 4.78 is 5.33. The van der Waals surface area contributed by atoms with Crippen LogP contribution < -0.4 is 5.32 Å². The fraction of sp³-hybridized carbons (Fsp3) is 0.615. The molecule has 0 aromatic carbocycles. The zero-order valence-electron chi connectivity index (χ0n) is 10.8. The number of carbonyl (C=O) groups is 1. The number of hydrogen-bond acceptors (Lipinski definition) is 4. The molecule has 0 saturated heterocycles. The molecule has 1 rings (SSSR count). The van der Waals surface area contributed by atoms with Crippen LogP contribution in [0, 0.1) is 0 Å². The molecule has 0 aromatic heterocycles. The molecule has 1 aliphatic rings. The standard InChI is InChI=1S/C13H22N2O3/c1-2-18-10-8-15(7-9-16)13-5-3-12(4-6-13)14-11-17/h3,5-6,11-12,16H,2,4,7-10H2,1H3,(H,14,17). The molecule has 1 amide bonds.